The van der Waals surface area contributed by atoms with Crippen molar-refractivity contribution in [2.45, 2.75) is 44.9 Å². The maximum absolute atomic E-state index is 12.9. The van der Waals surface area contributed by atoms with E-state index in [0.717, 1.165) is 5.56 Å². The van der Waals surface area contributed by atoms with Crippen LogP contribution in [0.15, 0.2) is 54.6 Å². The maximum atomic E-state index is 12.9. The van der Waals surface area contributed by atoms with Crippen LogP contribution in [0.25, 0.3) is 0 Å². The molecule has 1 aliphatic heterocycles. The van der Waals surface area contributed by atoms with E-state index >= 15 is 0 Å². The van der Waals surface area contributed by atoms with Gasteiger partial charge in [0.15, 0.2) is 6.10 Å². The molecular formula is C24H27N3O5S. The summed E-state index contributed by atoms with van der Waals surface area (Å²) < 4.78 is 10.8. The molecule has 1 aliphatic rings. The van der Waals surface area contributed by atoms with Crippen LogP contribution in [-0.4, -0.2) is 47.2 Å². The number of amides is 2. The van der Waals surface area contributed by atoms with Gasteiger partial charge in [-0.2, -0.15) is 0 Å². The summed E-state index contributed by atoms with van der Waals surface area (Å²) in [5.41, 5.74) is 6.96. The number of nitrogens with zero attached hydrogens (tertiary/aromatic N) is 1. The van der Waals surface area contributed by atoms with Gasteiger partial charge >= 0.3 is 12.1 Å². The van der Waals surface area contributed by atoms with E-state index in [1.807, 2.05) is 30.3 Å². The molecule has 0 saturated carbocycles. The van der Waals surface area contributed by atoms with Gasteiger partial charge in [0, 0.05) is 17.7 Å². The zero-order chi connectivity index (χ0) is 24.2. The molecule has 8 nitrogen and oxygen atoms in total. The highest BCUT2D eigenvalue weighted by Gasteiger charge is 2.39. The molecule has 1 heterocycles. The van der Waals surface area contributed by atoms with E-state index in [0.29, 0.717) is 11.3 Å². The van der Waals surface area contributed by atoms with Crippen LogP contribution in [0.4, 0.5) is 10.5 Å². The van der Waals surface area contributed by atoms with Gasteiger partial charge in [0.25, 0.3) is 5.91 Å². The van der Waals surface area contributed by atoms with E-state index in [-0.39, 0.29) is 18.0 Å². The predicted octanol–water partition coefficient (Wildman–Crippen LogP) is 2.72. The minimum absolute atomic E-state index is 0.00343. The summed E-state index contributed by atoms with van der Waals surface area (Å²) in [5.74, 6) is -1.13. The van der Waals surface area contributed by atoms with Gasteiger partial charge in [-0.1, -0.05) is 42.5 Å². The maximum Gasteiger partial charge on any atom is 0.415 e. The summed E-state index contributed by atoms with van der Waals surface area (Å²) in [6.45, 7) is 5.27. The third kappa shape index (κ3) is 6.52. The van der Waals surface area contributed by atoms with Crippen molar-refractivity contribution < 1.29 is 23.9 Å². The molecule has 2 atom stereocenters. The number of cyclic esters (lactones) is 1. The Balaban J connectivity index is 1.71. The smallest absolute Gasteiger partial charge is 0.415 e. The number of nitrogens with one attached hydrogen (secondary N) is 1. The van der Waals surface area contributed by atoms with Crippen LogP contribution in [0.3, 0.4) is 0 Å². The predicted molar refractivity (Wildman–Crippen MR) is 128 cm³/mol. The summed E-state index contributed by atoms with van der Waals surface area (Å²) >= 11 is 4.94. The van der Waals surface area contributed by atoms with Gasteiger partial charge < -0.3 is 20.5 Å². The largest absolute Gasteiger partial charge is 0.458 e. The zero-order valence-corrected chi connectivity index (χ0v) is 19.6. The number of rotatable bonds is 7. The highest BCUT2D eigenvalue weighted by atomic mass is 32.1. The Labute approximate surface area is 198 Å². The molecule has 0 aliphatic carbocycles. The van der Waals surface area contributed by atoms with Gasteiger partial charge in [-0.25, -0.2) is 9.59 Å². The first kappa shape index (κ1) is 24.2. The minimum Gasteiger partial charge on any atom is -0.458 e. The topological polar surface area (TPSA) is 111 Å². The van der Waals surface area contributed by atoms with Gasteiger partial charge in [-0.3, -0.25) is 9.69 Å². The Hall–Kier alpha value is -3.46. The third-order valence-corrected chi connectivity index (χ3v) is 5.09. The number of hydrogen-bond acceptors (Lipinski definition) is 6. The SMILES string of the molecule is CC(C)(C)OC(=O)C(Cc1ccccc1)NC(=O)C1CN(c2ccc(C(N)=S)cc2)C(=O)O1. The molecule has 0 bridgehead atoms. The van der Waals surface area contributed by atoms with Crippen molar-refractivity contribution in [2.24, 2.45) is 5.73 Å². The molecule has 9 heteroatoms. The molecule has 0 radical (unpaired) electrons. The number of carbonyl (C=O) groups is 3. The first-order chi connectivity index (χ1) is 15.5. The number of benzene rings is 2. The van der Waals surface area contributed by atoms with E-state index < -0.39 is 35.7 Å². The first-order valence-corrected chi connectivity index (χ1v) is 10.9. The third-order valence-electron chi connectivity index (χ3n) is 4.86. The van der Waals surface area contributed by atoms with Gasteiger partial charge in [-0.15, -0.1) is 0 Å². The number of thiocarbonyl (C=S) groups is 1. The number of ether oxygens (including phenoxy) is 2. The molecule has 3 N–H and O–H groups in total. The molecule has 174 valence electrons. The van der Waals surface area contributed by atoms with E-state index in [1.165, 1.54) is 4.90 Å². The molecule has 2 aromatic rings. The van der Waals surface area contributed by atoms with E-state index in [4.69, 9.17) is 27.4 Å². The fraction of sp³-hybridized carbons (Fsp3) is 0.333. The van der Waals surface area contributed by atoms with Gasteiger partial charge in [0.2, 0.25) is 0 Å². The lowest BCUT2D eigenvalue weighted by Gasteiger charge is -2.25. The minimum atomic E-state index is -1.08. The van der Waals surface area contributed by atoms with Crippen LogP contribution in [0.1, 0.15) is 31.9 Å². The number of esters is 1. The average Bonchev–Trinajstić information content (AvgIpc) is 3.14. The summed E-state index contributed by atoms with van der Waals surface area (Å²) in [6.07, 6.45) is -1.49. The van der Waals surface area contributed by atoms with Gasteiger partial charge in [0.1, 0.15) is 16.6 Å². The second kappa shape index (κ2) is 9.99. The number of nitrogens with two attached hydrogens (primary N) is 1. The standard InChI is InChI=1S/C24H27N3O5S/c1-24(2,3)32-22(29)18(13-15-7-5-4-6-8-15)26-21(28)19-14-27(23(30)31-19)17-11-9-16(10-12-17)20(25)33/h4-12,18-19H,13-14H2,1-3H3,(H2,25,33)(H,26,28). The molecule has 2 aromatic carbocycles. The van der Waals surface area contributed by atoms with Crippen LogP contribution in [-0.2, 0) is 25.5 Å². The van der Waals surface area contributed by atoms with Crippen molar-refractivity contribution in [3.05, 3.63) is 65.7 Å². The molecule has 1 saturated heterocycles. The summed E-state index contributed by atoms with van der Waals surface area (Å²) in [6, 6.07) is 15.1. The molecular weight excluding hydrogens is 442 g/mol. The van der Waals surface area contributed by atoms with Crippen molar-refractivity contribution in [3.63, 3.8) is 0 Å². The van der Waals surface area contributed by atoms with Crippen molar-refractivity contribution in [1.29, 1.82) is 0 Å². The molecule has 0 aromatic heterocycles. The summed E-state index contributed by atoms with van der Waals surface area (Å²) in [7, 11) is 0. The fourth-order valence-electron chi connectivity index (χ4n) is 3.30. The molecule has 2 amide bonds. The van der Waals surface area contributed by atoms with Crippen LogP contribution >= 0.6 is 12.2 Å². The lowest BCUT2D eigenvalue weighted by molar-refractivity contribution is -0.159. The van der Waals surface area contributed by atoms with Gasteiger partial charge in [0.05, 0.1) is 6.54 Å². The zero-order valence-electron chi connectivity index (χ0n) is 18.7. The second-order valence-corrected chi connectivity index (χ2v) is 9.12. The monoisotopic (exact) mass is 469 g/mol. The lowest BCUT2D eigenvalue weighted by atomic mass is 10.1. The first-order valence-electron chi connectivity index (χ1n) is 10.5. The quantitative estimate of drug-likeness (QED) is 0.474. The molecule has 3 rings (SSSR count). The van der Waals surface area contributed by atoms with Crippen LogP contribution in [0.2, 0.25) is 0 Å². The van der Waals surface area contributed by atoms with Crippen LogP contribution in [0.5, 0.6) is 0 Å². The Morgan fingerprint density at radius 1 is 1.18 bits per heavy atom. The molecule has 2 unspecified atom stereocenters. The van der Waals surface area contributed by atoms with Crippen LogP contribution in [0, 0.1) is 0 Å². The van der Waals surface area contributed by atoms with E-state index in [1.54, 1.807) is 45.0 Å². The molecule has 33 heavy (non-hydrogen) atoms. The van der Waals surface area contributed by atoms with E-state index in [2.05, 4.69) is 5.32 Å². The fourth-order valence-corrected chi connectivity index (χ4v) is 3.43. The highest BCUT2D eigenvalue weighted by molar-refractivity contribution is 7.80. The normalized spacial score (nSPS) is 16.6. The van der Waals surface area contributed by atoms with Crippen LogP contribution < -0.4 is 16.0 Å². The Bertz CT molecular complexity index is 1030. The molecule has 0 spiro atoms. The summed E-state index contributed by atoms with van der Waals surface area (Å²) in [4.78, 5) is 39.7. The van der Waals surface area contributed by atoms with Crippen molar-refractivity contribution >= 4 is 40.9 Å². The highest BCUT2D eigenvalue weighted by Crippen LogP contribution is 2.22. The number of carbonyl (C=O) groups excluding carboxylic acids is 3. The lowest BCUT2D eigenvalue weighted by Crippen LogP contribution is -2.49. The number of hydrogen-bond donors (Lipinski definition) is 2. The van der Waals surface area contributed by atoms with Crippen molar-refractivity contribution in [2.75, 3.05) is 11.4 Å². The Kier molecular flexibility index (Phi) is 7.33. The molecule has 1 fully saturated rings. The van der Waals surface area contributed by atoms with Gasteiger partial charge in [-0.05, 0) is 50.6 Å². The average molecular weight is 470 g/mol. The Morgan fingerprint density at radius 2 is 1.82 bits per heavy atom. The second-order valence-electron chi connectivity index (χ2n) is 8.68. The van der Waals surface area contributed by atoms with E-state index in [9.17, 15) is 14.4 Å². The number of anilines is 1. The Morgan fingerprint density at radius 3 is 2.39 bits per heavy atom. The summed E-state index contributed by atoms with van der Waals surface area (Å²) in [5, 5.41) is 2.70. The van der Waals surface area contributed by atoms with Crippen molar-refractivity contribution in [3.8, 4) is 0 Å². The van der Waals surface area contributed by atoms with Crippen molar-refractivity contribution in [1.82, 2.24) is 5.32 Å².